The molecule has 7 heteroatoms. The van der Waals surface area contributed by atoms with Crippen LogP contribution in [0.25, 0.3) is 11.0 Å². The fourth-order valence-electron chi connectivity index (χ4n) is 3.81. The highest BCUT2D eigenvalue weighted by Gasteiger charge is 2.25. The molecular weight excluding hydrogens is 384 g/mol. The van der Waals surface area contributed by atoms with E-state index in [9.17, 15) is 4.79 Å². The van der Waals surface area contributed by atoms with Crippen molar-refractivity contribution in [2.24, 2.45) is 0 Å². The molecule has 1 aliphatic heterocycles. The number of carbonyl (C=O) groups is 1. The van der Waals surface area contributed by atoms with Crippen LogP contribution in [0.5, 0.6) is 17.2 Å². The maximum atomic E-state index is 13.0. The molecule has 2 aromatic carbocycles. The van der Waals surface area contributed by atoms with Crippen LogP contribution < -0.4 is 14.2 Å². The molecule has 4 rings (SSSR count). The molecule has 1 amide bonds. The van der Waals surface area contributed by atoms with Crippen molar-refractivity contribution in [3.63, 3.8) is 0 Å². The Morgan fingerprint density at radius 3 is 2.40 bits per heavy atom. The number of nitrogens with zero attached hydrogens (tertiary/aromatic N) is 2. The van der Waals surface area contributed by atoms with E-state index in [2.05, 4.69) is 4.90 Å². The first-order valence-electron chi connectivity index (χ1n) is 9.92. The van der Waals surface area contributed by atoms with Gasteiger partial charge in [-0.15, -0.1) is 0 Å². The molecule has 0 bridgehead atoms. The predicted octanol–water partition coefficient (Wildman–Crippen LogP) is 3.42. The van der Waals surface area contributed by atoms with Crippen molar-refractivity contribution in [1.29, 1.82) is 0 Å². The molecule has 0 spiro atoms. The third-order valence-corrected chi connectivity index (χ3v) is 5.48. The third-order valence-electron chi connectivity index (χ3n) is 5.48. The summed E-state index contributed by atoms with van der Waals surface area (Å²) in [5.41, 5.74) is 1.67. The molecule has 0 aliphatic carbocycles. The van der Waals surface area contributed by atoms with Crippen LogP contribution in [-0.2, 0) is 6.54 Å². The van der Waals surface area contributed by atoms with Gasteiger partial charge in [0.15, 0.2) is 17.1 Å². The lowest BCUT2D eigenvalue weighted by Crippen LogP contribution is -2.48. The summed E-state index contributed by atoms with van der Waals surface area (Å²) >= 11 is 0. The van der Waals surface area contributed by atoms with Gasteiger partial charge in [0.05, 0.1) is 21.3 Å². The quantitative estimate of drug-likeness (QED) is 0.621. The van der Waals surface area contributed by atoms with Crippen molar-refractivity contribution in [2.45, 2.75) is 6.54 Å². The number of benzene rings is 2. The highest BCUT2D eigenvalue weighted by atomic mass is 16.5. The monoisotopic (exact) mass is 410 g/mol. The minimum atomic E-state index is -0.0909. The van der Waals surface area contributed by atoms with Crippen molar-refractivity contribution in [3.8, 4) is 17.2 Å². The number of piperazine rings is 1. The number of amides is 1. The second-order valence-electron chi connectivity index (χ2n) is 7.24. The summed E-state index contributed by atoms with van der Waals surface area (Å²) in [5, 5.41) is 0.862. The SMILES string of the molecule is COc1ccc(OC)c(CN2CCN(C(=O)c3cc4cccc(OC)c4o3)CC2)c1. The van der Waals surface area contributed by atoms with E-state index in [1.165, 1.54) is 0 Å². The van der Waals surface area contributed by atoms with Crippen LogP contribution in [0.1, 0.15) is 16.1 Å². The number of hydrogen-bond donors (Lipinski definition) is 0. The number of rotatable bonds is 6. The lowest BCUT2D eigenvalue weighted by atomic mass is 10.1. The number of hydrogen-bond acceptors (Lipinski definition) is 6. The molecule has 2 heterocycles. The predicted molar refractivity (Wildman–Crippen MR) is 113 cm³/mol. The topological polar surface area (TPSA) is 64.4 Å². The largest absolute Gasteiger partial charge is 0.497 e. The van der Waals surface area contributed by atoms with Gasteiger partial charge in [0.1, 0.15) is 11.5 Å². The number of carbonyl (C=O) groups excluding carboxylic acids is 1. The van der Waals surface area contributed by atoms with E-state index in [4.69, 9.17) is 18.6 Å². The van der Waals surface area contributed by atoms with Gasteiger partial charge in [-0.05, 0) is 30.3 Å². The summed E-state index contributed by atoms with van der Waals surface area (Å²) in [7, 11) is 4.92. The number of methoxy groups -OCH3 is 3. The van der Waals surface area contributed by atoms with E-state index in [0.29, 0.717) is 30.2 Å². The minimum Gasteiger partial charge on any atom is -0.497 e. The van der Waals surface area contributed by atoms with Gasteiger partial charge >= 0.3 is 0 Å². The zero-order valence-electron chi connectivity index (χ0n) is 17.5. The number of furan rings is 1. The van der Waals surface area contributed by atoms with Crippen molar-refractivity contribution in [2.75, 3.05) is 47.5 Å². The summed E-state index contributed by atoms with van der Waals surface area (Å²) in [5.74, 6) is 2.53. The standard InChI is InChI=1S/C23H26N2O5/c1-27-18-7-8-19(28-2)17(13-18)15-24-9-11-25(12-10-24)23(26)21-14-16-5-4-6-20(29-3)22(16)30-21/h4-8,13-14H,9-12,15H2,1-3H3. The molecular formula is C23H26N2O5. The molecule has 0 atom stereocenters. The molecule has 1 aromatic heterocycles. The number of fused-ring (bicyclic) bond motifs is 1. The second-order valence-corrected chi connectivity index (χ2v) is 7.24. The van der Waals surface area contributed by atoms with Gasteiger partial charge in [0.25, 0.3) is 5.91 Å². The van der Waals surface area contributed by atoms with Crippen molar-refractivity contribution >= 4 is 16.9 Å². The Bertz CT molecular complexity index is 1040. The molecule has 1 aliphatic rings. The highest BCUT2D eigenvalue weighted by Crippen LogP contribution is 2.29. The Labute approximate surface area is 175 Å². The average Bonchev–Trinajstić information content (AvgIpc) is 3.23. The van der Waals surface area contributed by atoms with E-state index in [0.717, 1.165) is 42.1 Å². The smallest absolute Gasteiger partial charge is 0.289 e. The van der Waals surface area contributed by atoms with Gasteiger partial charge < -0.3 is 23.5 Å². The lowest BCUT2D eigenvalue weighted by molar-refractivity contribution is 0.0599. The number of para-hydroxylation sites is 1. The summed E-state index contributed by atoms with van der Waals surface area (Å²) in [6.45, 7) is 3.56. The molecule has 0 N–H and O–H groups in total. The van der Waals surface area contributed by atoms with Crippen molar-refractivity contribution < 1.29 is 23.4 Å². The van der Waals surface area contributed by atoms with Gasteiger partial charge in [-0.25, -0.2) is 0 Å². The van der Waals surface area contributed by atoms with Crippen LogP contribution in [0.15, 0.2) is 46.9 Å². The Kier molecular flexibility index (Phi) is 5.81. The van der Waals surface area contributed by atoms with E-state index in [-0.39, 0.29) is 5.91 Å². The van der Waals surface area contributed by atoms with Crippen LogP contribution >= 0.6 is 0 Å². The Morgan fingerprint density at radius 2 is 1.70 bits per heavy atom. The second kappa shape index (κ2) is 8.67. The molecule has 7 nitrogen and oxygen atoms in total. The Hall–Kier alpha value is -3.19. The van der Waals surface area contributed by atoms with Crippen LogP contribution in [0.2, 0.25) is 0 Å². The van der Waals surface area contributed by atoms with Crippen LogP contribution in [0.4, 0.5) is 0 Å². The first kappa shape index (κ1) is 20.1. The number of ether oxygens (including phenoxy) is 3. The molecule has 1 fully saturated rings. The zero-order chi connectivity index (χ0) is 21.1. The third kappa shape index (κ3) is 3.93. The van der Waals surface area contributed by atoms with Crippen LogP contribution in [-0.4, -0.2) is 63.2 Å². The maximum absolute atomic E-state index is 13.0. The normalized spacial score (nSPS) is 14.7. The summed E-state index contributed by atoms with van der Waals surface area (Å²) in [4.78, 5) is 17.1. The molecule has 0 unspecified atom stereocenters. The molecule has 1 saturated heterocycles. The fraction of sp³-hybridized carbons (Fsp3) is 0.348. The van der Waals surface area contributed by atoms with Crippen molar-refractivity contribution in [1.82, 2.24) is 9.80 Å². The van der Waals surface area contributed by atoms with Gasteiger partial charge in [-0.3, -0.25) is 9.69 Å². The fourth-order valence-corrected chi connectivity index (χ4v) is 3.81. The maximum Gasteiger partial charge on any atom is 0.289 e. The highest BCUT2D eigenvalue weighted by molar-refractivity contribution is 5.97. The van der Waals surface area contributed by atoms with E-state index in [1.807, 2.05) is 41.3 Å². The van der Waals surface area contributed by atoms with E-state index >= 15 is 0 Å². The lowest BCUT2D eigenvalue weighted by Gasteiger charge is -2.34. The van der Waals surface area contributed by atoms with Crippen molar-refractivity contribution in [3.05, 3.63) is 53.8 Å². The van der Waals surface area contributed by atoms with Crippen LogP contribution in [0.3, 0.4) is 0 Å². The van der Waals surface area contributed by atoms with E-state index in [1.54, 1.807) is 27.4 Å². The summed E-state index contributed by atoms with van der Waals surface area (Å²) < 4.78 is 22.0. The van der Waals surface area contributed by atoms with Gasteiger partial charge in [-0.1, -0.05) is 12.1 Å². The van der Waals surface area contributed by atoms with Gasteiger partial charge in [-0.2, -0.15) is 0 Å². The Morgan fingerprint density at radius 1 is 0.933 bits per heavy atom. The van der Waals surface area contributed by atoms with Crippen LogP contribution in [0, 0.1) is 0 Å². The summed E-state index contributed by atoms with van der Waals surface area (Å²) in [6, 6.07) is 13.2. The zero-order valence-corrected chi connectivity index (χ0v) is 17.5. The minimum absolute atomic E-state index is 0.0909. The average molecular weight is 410 g/mol. The van der Waals surface area contributed by atoms with E-state index < -0.39 is 0 Å². The van der Waals surface area contributed by atoms with Gasteiger partial charge in [0.2, 0.25) is 0 Å². The molecule has 30 heavy (non-hydrogen) atoms. The molecule has 3 aromatic rings. The first-order valence-corrected chi connectivity index (χ1v) is 9.92. The van der Waals surface area contributed by atoms with Gasteiger partial charge in [0, 0.05) is 43.7 Å². The molecule has 0 radical (unpaired) electrons. The first-order chi connectivity index (χ1) is 14.6. The molecule has 158 valence electrons. The molecule has 0 saturated carbocycles. The summed E-state index contributed by atoms with van der Waals surface area (Å²) in [6.07, 6.45) is 0. The Balaban J connectivity index is 1.42.